The molecule has 0 spiro atoms. The van der Waals surface area contributed by atoms with Crippen LogP contribution in [0.1, 0.15) is 24.1 Å². The molecule has 0 saturated carbocycles. The van der Waals surface area contributed by atoms with E-state index in [1.54, 1.807) is 11.3 Å². The highest BCUT2D eigenvalue weighted by Crippen LogP contribution is 2.11. The maximum absolute atomic E-state index is 12.4. The van der Waals surface area contributed by atoms with Crippen LogP contribution in [0.4, 0.5) is 0 Å². The number of hydrogen-bond acceptors (Lipinski definition) is 6. The molecule has 1 atom stereocenters. The maximum Gasteiger partial charge on any atom is 0.236 e. The topological polar surface area (TPSA) is 56.3 Å². The smallest absolute Gasteiger partial charge is 0.236 e. The zero-order chi connectivity index (χ0) is 18.2. The average molecular weight is 382 g/mol. The van der Waals surface area contributed by atoms with E-state index in [2.05, 4.69) is 9.80 Å². The number of aliphatic hydroxyl groups is 1. The number of hydrogen-bond donors (Lipinski definition) is 1. The molecule has 0 aliphatic carbocycles. The zero-order valence-corrected chi connectivity index (χ0v) is 16.3. The van der Waals surface area contributed by atoms with E-state index in [0.29, 0.717) is 26.3 Å². The Morgan fingerprint density at radius 1 is 1.12 bits per heavy atom. The molecule has 0 bridgehead atoms. The third-order valence-electron chi connectivity index (χ3n) is 5.14. The van der Waals surface area contributed by atoms with Gasteiger partial charge in [0.05, 0.1) is 25.9 Å². The first-order valence-corrected chi connectivity index (χ1v) is 10.6. The lowest BCUT2D eigenvalue weighted by atomic mass is 10.1. The van der Waals surface area contributed by atoms with E-state index in [0.717, 1.165) is 52.1 Å². The summed E-state index contributed by atoms with van der Waals surface area (Å²) in [6, 6.07) is 4.05. The van der Waals surface area contributed by atoms with Crippen LogP contribution in [0.3, 0.4) is 0 Å². The van der Waals surface area contributed by atoms with Crippen molar-refractivity contribution < 1.29 is 14.6 Å². The fraction of sp³-hybridized carbons (Fsp3) is 0.737. The van der Waals surface area contributed by atoms with E-state index >= 15 is 0 Å². The van der Waals surface area contributed by atoms with Crippen LogP contribution >= 0.6 is 11.3 Å². The minimum absolute atomic E-state index is 0.278. The number of amides is 1. The molecular formula is C19H31N3O3S. The lowest BCUT2D eigenvalue weighted by Crippen LogP contribution is -2.52. The summed E-state index contributed by atoms with van der Waals surface area (Å²) in [5.74, 6) is 0.278. The van der Waals surface area contributed by atoms with Crippen LogP contribution < -0.4 is 0 Å². The van der Waals surface area contributed by atoms with Crippen molar-refractivity contribution in [2.75, 3.05) is 59.0 Å². The molecule has 3 heterocycles. The molecule has 2 aliphatic heterocycles. The number of piperidine rings is 1. The Bertz CT molecular complexity index is 526. The molecular weight excluding hydrogens is 350 g/mol. The first kappa shape index (κ1) is 19.8. The largest absolute Gasteiger partial charge is 0.389 e. The van der Waals surface area contributed by atoms with E-state index in [9.17, 15) is 9.90 Å². The SMILES string of the molecule is O=C(CN1CCN(CC(O)COCc2cccs2)CC1)N1CCCCC1. The number of β-amino-alcohol motifs (C(OH)–C–C–N with tert-alkyl or cyclic N) is 1. The molecule has 0 aromatic carbocycles. The van der Waals surface area contributed by atoms with Gasteiger partial charge in [-0.2, -0.15) is 0 Å². The molecule has 1 amide bonds. The molecule has 2 fully saturated rings. The Morgan fingerprint density at radius 3 is 2.54 bits per heavy atom. The van der Waals surface area contributed by atoms with Crippen LogP contribution in [-0.2, 0) is 16.1 Å². The Hall–Kier alpha value is -0.990. The minimum atomic E-state index is -0.462. The Labute approximate surface area is 160 Å². The molecule has 0 radical (unpaired) electrons. The first-order chi connectivity index (χ1) is 12.7. The van der Waals surface area contributed by atoms with E-state index in [-0.39, 0.29) is 5.91 Å². The van der Waals surface area contributed by atoms with Crippen molar-refractivity contribution in [1.82, 2.24) is 14.7 Å². The number of rotatable bonds is 8. The minimum Gasteiger partial charge on any atom is -0.389 e. The van der Waals surface area contributed by atoms with Crippen molar-refractivity contribution in [2.24, 2.45) is 0 Å². The summed E-state index contributed by atoms with van der Waals surface area (Å²) in [6.45, 7) is 7.55. The lowest BCUT2D eigenvalue weighted by Gasteiger charge is -2.36. The molecule has 3 rings (SSSR count). The van der Waals surface area contributed by atoms with E-state index < -0.39 is 6.10 Å². The van der Waals surface area contributed by atoms with Crippen molar-refractivity contribution in [3.05, 3.63) is 22.4 Å². The van der Waals surface area contributed by atoms with E-state index in [1.165, 1.54) is 11.3 Å². The number of aliphatic hydroxyl groups excluding tert-OH is 1. The highest BCUT2D eigenvalue weighted by molar-refractivity contribution is 7.09. The van der Waals surface area contributed by atoms with Crippen molar-refractivity contribution in [3.63, 3.8) is 0 Å². The quantitative estimate of drug-likeness (QED) is 0.735. The third-order valence-corrected chi connectivity index (χ3v) is 5.99. The van der Waals surface area contributed by atoms with E-state index in [1.807, 2.05) is 22.4 Å². The molecule has 2 saturated heterocycles. The fourth-order valence-corrected chi connectivity index (χ4v) is 4.25. The highest BCUT2D eigenvalue weighted by Gasteiger charge is 2.23. The van der Waals surface area contributed by atoms with Crippen LogP contribution in [0.2, 0.25) is 0 Å². The summed E-state index contributed by atoms with van der Waals surface area (Å²) in [5.41, 5.74) is 0. The normalized spacial score (nSPS) is 21.0. The Kier molecular flexibility index (Phi) is 7.88. The number of thiophene rings is 1. The van der Waals surface area contributed by atoms with Gasteiger partial charge in [0.15, 0.2) is 0 Å². The summed E-state index contributed by atoms with van der Waals surface area (Å²) >= 11 is 1.67. The highest BCUT2D eigenvalue weighted by atomic mass is 32.1. The van der Waals surface area contributed by atoms with Gasteiger partial charge >= 0.3 is 0 Å². The van der Waals surface area contributed by atoms with Gasteiger partial charge in [0.2, 0.25) is 5.91 Å². The number of nitrogens with zero attached hydrogens (tertiary/aromatic N) is 3. The average Bonchev–Trinajstić information content (AvgIpc) is 3.17. The van der Waals surface area contributed by atoms with Gasteiger partial charge in [-0.15, -0.1) is 11.3 Å². The molecule has 2 aliphatic rings. The van der Waals surface area contributed by atoms with Gasteiger partial charge in [-0.05, 0) is 30.7 Å². The molecule has 1 unspecified atom stereocenters. The Balaban J connectivity index is 1.28. The molecule has 7 heteroatoms. The fourth-order valence-electron chi connectivity index (χ4n) is 3.61. The van der Waals surface area contributed by atoms with Gasteiger partial charge in [0.25, 0.3) is 0 Å². The third kappa shape index (κ3) is 6.32. The van der Waals surface area contributed by atoms with Gasteiger partial charge in [-0.3, -0.25) is 14.6 Å². The Morgan fingerprint density at radius 2 is 1.85 bits per heavy atom. The molecule has 1 N–H and O–H groups in total. The predicted molar refractivity (Wildman–Crippen MR) is 103 cm³/mol. The van der Waals surface area contributed by atoms with E-state index in [4.69, 9.17) is 4.74 Å². The van der Waals surface area contributed by atoms with Gasteiger partial charge in [-0.25, -0.2) is 0 Å². The maximum atomic E-state index is 12.4. The van der Waals surface area contributed by atoms with Crippen molar-refractivity contribution in [1.29, 1.82) is 0 Å². The van der Waals surface area contributed by atoms with Crippen LogP contribution in [0.5, 0.6) is 0 Å². The van der Waals surface area contributed by atoms with Crippen molar-refractivity contribution >= 4 is 17.2 Å². The van der Waals surface area contributed by atoms with Gasteiger partial charge in [-0.1, -0.05) is 6.07 Å². The second-order valence-corrected chi connectivity index (χ2v) is 8.30. The first-order valence-electron chi connectivity index (χ1n) is 9.71. The van der Waals surface area contributed by atoms with Gasteiger partial charge in [0, 0.05) is 50.7 Å². The summed E-state index contributed by atoms with van der Waals surface area (Å²) in [6.07, 6.45) is 3.08. The lowest BCUT2D eigenvalue weighted by molar-refractivity contribution is -0.133. The van der Waals surface area contributed by atoms with Crippen molar-refractivity contribution in [3.8, 4) is 0 Å². The second kappa shape index (κ2) is 10.4. The molecule has 1 aromatic rings. The summed E-state index contributed by atoms with van der Waals surface area (Å²) in [7, 11) is 0. The summed E-state index contributed by atoms with van der Waals surface area (Å²) < 4.78 is 5.60. The standard InChI is InChI=1S/C19H31N3O3S/c23-17(15-25-16-18-5-4-12-26-18)13-20-8-10-21(11-9-20)14-19(24)22-6-2-1-3-7-22/h4-5,12,17,23H,1-3,6-11,13-16H2. The van der Waals surface area contributed by atoms with Crippen LogP contribution in [-0.4, -0.2) is 90.8 Å². The monoisotopic (exact) mass is 381 g/mol. The molecule has 26 heavy (non-hydrogen) atoms. The predicted octanol–water partition coefficient (Wildman–Crippen LogP) is 1.26. The second-order valence-electron chi connectivity index (χ2n) is 7.27. The van der Waals surface area contributed by atoms with Crippen molar-refractivity contribution in [2.45, 2.75) is 32.0 Å². The number of carbonyl (C=O) groups excluding carboxylic acids is 1. The van der Waals surface area contributed by atoms with Gasteiger partial charge in [0.1, 0.15) is 0 Å². The zero-order valence-electron chi connectivity index (χ0n) is 15.5. The number of piperazine rings is 1. The number of carbonyl (C=O) groups is 1. The summed E-state index contributed by atoms with van der Waals surface area (Å²) in [4.78, 5) is 20.1. The molecule has 146 valence electrons. The molecule has 6 nitrogen and oxygen atoms in total. The van der Waals surface area contributed by atoms with Gasteiger partial charge < -0.3 is 14.7 Å². The van der Waals surface area contributed by atoms with Crippen LogP contribution in [0, 0.1) is 0 Å². The molecule has 1 aromatic heterocycles. The van der Waals surface area contributed by atoms with Crippen LogP contribution in [0.15, 0.2) is 17.5 Å². The number of likely N-dealkylation sites (tertiary alicyclic amines) is 1. The van der Waals surface area contributed by atoms with Crippen LogP contribution in [0.25, 0.3) is 0 Å². The number of ether oxygens (including phenoxy) is 1. The summed E-state index contributed by atoms with van der Waals surface area (Å²) in [5, 5.41) is 12.2.